The summed E-state index contributed by atoms with van der Waals surface area (Å²) in [6.45, 7) is 1.40. The van der Waals surface area contributed by atoms with E-state index in [9.17, 15) is 18.4 Å². The molecule has 1 rings (SSSR count). The van der Waals surface area contributed by atoms with Crippen LogP contribution in [0.2, 0.25) is 0 Å². The normalized spacial score (nSPS) is 10.5. The number of hydrogen-bond donors (Lipinski definition) is 2. The predicted molar refractivity (Wildman–Crippen MR) is 87.0 cm³/mol. The van der Waals surface area contributed by atoms with Crippen LogP contribution >= 0.6 is 12.4 Å². The lowest BCUT2D eigenvalue weighted by molar-refractivity contribution is -0.123. The molecule has 0 atom stereocenters. The van der Waals surface area contributed by atoms with E-state index in [4.69, 9.17) is 4.74 Å². The molecule has 0 aliphatic rings. The van der Waals surface area contributed by atoms with Crippen LogP contribution in [0.1, 0.15) is 22.8 Å². The molecule has 0 saturated carbocycles. The van der Waals surface area contributed by atoms with Crippen molar-refractivity contribution in [1.29, 1.82) is 0 Å². The molecule has 2 N–H and O–H groups in total. The molecule has 24 heavy (non-hydrogen) atoms. The number of carbonyl (C=O) groups excluding carboxylic acids is 2. The Labute approximate surface area is 145 Å². The van der Waals surface area contributed by atoms with E-state index in [1.165, 1.54) is 6.07 Å². The van der Waals surface area contributed by atoms with Gasteiger partial charge in [-0.15, -0.1) is 12.4 Å². The van der Waals surface area contributed by atoms with Gasteiger partial charge in [0.15, 0.2) is 6.61 Å². The average Bonchev–Trinajstić information content (AvgIpc) is 2.51. The number of ether oxygens (including phenoxy) is 2. The number of rotatable bonds is 8. The zero-order valence-electron chi connectivity index (χ0n) is 13.7. The second kappa shape index (κ2) is 10.0. The second-order valence-electron chi connectivity index (χ2n) is 4.83. The maximum Gasteiger partial charge on any atom is 0.341 e. The van der Waals surface area contributed by atoms with Crippen LogP contribution in [0.15, 0.2) is 18.2 Å². The maximum atomic E-state index is 13.4. The quantitative estimate of drug-likeness (QED) is 0.541. The molecule has 0 unspecified atom stereocenters. The average molecular weight is 367 g/mol. The van der Waals surface area contributed by atoms with Crippen LogP contribution in [0.4, 0.5) is 8.78 Å². The summed E-state index contributed by atoms with van der Waals surface area (Å²) in [4.78, 5) is 23.3. The van der Waals surface area contributed by atoms with Crippen LogP contribution in [0.3, 0.4) is 0 Å². The van der Waals surface area contributed by atoms with E-state index in [0.29, 0.717) is 13.1 Å². The summed E-state index contributed by atoms with van der Waals surface area (Å²) < 4.78 is 36.5. The molecule has 1 amide bonds. The lowest BCUT2D eigenvalue weighted by atomic mass is 10.1. The van der Waals surface area contributed by atoms with E-state index >= 15 is 0 Å². The number of nitrogens with one attached hydrogen (secondary N) is 2. The number of alkyl halides is 2. The highest BCUT2D eigenvalue weighted by atomic mass is 35.5. The van der Waals surface area contributed by atoms with E-state index in [2.05, 4.69) is 15.4 Å². The lowest BCUT2D eigenvalue weighted by Gasteiger charge is -2.15. The summed E-state index contributed by atoms with van der Waals surface area (Å²) >= 11 is 0. The topological polar surface area (TPSA) is 76.7 Å². The van der Waals surface area contributed by atoms with E-state index in [1.54, 1.807) is 7.05 Å². The van der Waals surface area contributed by atoms with E-state index in [-0.39, 0.29) is 41.8 Å². The van der Waals surface area contributed by atoms with Gasteiger partial charge in [0.2, 0.25) is 0 Å². The first kappa shape index (κ1) is 22.1. The lowest BCUT2D eigenvalue weighted by Crippen LogP contribution is -2.34. The molecule has 9 heteroatoms. The molecule has 0 radical (unpaired) electrons. The van der Waals surface area contributed by atoms with Crippen LogP contribution in [-0.2, 0) is 15.5 Å². The smallest absolute Gasteiger partial charge is 0.341 e. The molecule has 136 valence electrons. The Kier molecular flexibility index (Phi) is 9.24. The summed E-state index contributed by atoms with van der Waals surface area (Å²) in [6, 6.07) is 3.36. The second-order valence-corrected chi connectivity index (χ2v) is 4.83. The van der Waals surface area contributed by atoms with E-state index in [0.717, 1.165) is 26.2 Å². The largest absolute Gasteiger partial charge is 0.483 e. The zero-order valence-corrected chi connectivity index (χ0v) is 14.5. The molecule has 0 aliphatic carbocycles. The number of carbonyl (C=O) groups is 2. The van der Waals surface area contributed by atoms with Crippen LogP contribution in [0.25, 0.3) is 0 Å². The summed E-state index contributed by atoms with van der Waals surface area (Å²) in [6.07, 6.45) is 0. The summed E-state index contributed by atoms with van der Waals surface area (Å²) in [5.41, 5.74) is -0.502. The van der Waals surface area contributed by atoms with Gasteiger partial charge >= 0.3 is 5.97 Å². The van der Waals surface area contributed by atoms with E-state index in [1.807, 2.05) is 0 Å². The van der Waals surface area contributed by atoms with Crippen molar-refractivity contribution in [2.24, 2.45) is 0 Å². The minimum atomic E-state index is -3.11. The van der Waals surface area contributed by atoms with Gasteiger partial charge < -0.3 is 20.1 Å². The monoisotopic (exact) mass is 366 g/mol. The Bertz CT molecular complexity index is 565. The fraction of sp³-hybridized carbons (Fsp3) is 0.467. The van der Waals surface area contributed by atoms with Crippen LogP contribution < -0.4 is 15.4 Å². The third-order valence-electron chi connectivity index (χ3n) is 2.95. The van der Waals surface area contributed by atoms with Gasteiger partial charge in [-0.2, -0.15) is 0 Å². The van der Waals surface area contributed by atoms with Crippen molar-refractivity contribution in [3.63, 3.8) is 0 Å². The number of halogens is 3. The van der Waals surface area contributed by atoms with Gasteiger partial charge in [0.05, 0.1) is 7.11 Å². The Hall–Kier alpha value is -1.93. The van der Waals surface area contributed by atoms with Gasteiger partial charge in [0.1, 0.15) is 11.3 Å². The molecule has 0 bridgehead atoms. The molecule has 0 spiro atoms. The van der Waals surface area contributed by atoms with Crippen molar-refractivity contribution in [3.05, 3.63) is 29.3 Å². The molecule has 0 aromatic heterocycles. The van der Waals surface area contributed by atoms with E-state index < -0.39 is 11.9 Å². The fourth-order valence-corrected chi connectivity index (χ4v) is 1.72. The van der Waals surface area contributed by atoms with Crippen molar-refractivity contribution in [1.82, 2.24) is 10.6 Å². The molecule has 0 heterocycles. The van der Waals surface area contributed by atoms with Crippen LogP contribution in [-0.4, -0.2) is 45.7 Å². The SMILES string of the molecule is CNCCNC(=O)COc1ccc(C(C)(F)F)cc1C(=O)OC.Cl. The first-order chi connectivity index (χ1) is 10.8. The summed E-state index contributed by atoms with van der Waals surface area (Å²) in [5.74, 6) is -4.30. The standard InChI is InChI=1S/C15H20F2N2O4.ClH/c1-15(16,17)10-4-5-12(11(8-10)14(21)22-3)23-9-13(20)19-7-6-18-2;/h4-5,8,18H,6-7,9H2,1-3H3,(H,19,20);1H. The molecule has 0 fully saturated rings. The van der Waals surface area contributed by atoms with Gasteiger partial charge in [-0.25, -0.2) is 13.6 Å². The van der Waals surface area contributed by atoms with Gasteiger partial charge in [-0.1, -0.05) is 0 Å². The Morgan fingerprint density at radius 2 is 1.92 bits per heavy atom. The number of benzene rings is 1. The fourth-order valence-electron chi connectivity index (χ4n) is 1.72. The van der Waals surface area contributed by atoms with Crippen LogP contribution in [0, 0.1) is 0 Å². The predicted octanol–water partition coefficient (Wildman–Crippen LogP) is 1.72. The zero-order chi connectivity index (χ0) is 17.5. The molecule has 0 saturated heterocycles. The molecular weight excluding hydrogens is 346 g/mol. The van der Waals surface area contributed by atoms with Crippen LogP contribution in [0.5, 0.6) is 5.75 Å². The van der Waals surface area contributed by atoms with Crippen molar-refractivity contribution in [3.8, 4) is 5.75 Å². The van der Waals surface area contributed by atoms with Gasteiger partial charge in [-0.3, -0.25) is 4.79 Å². The van der Waals surface area contributed by atoms with Crippen molar-refractivity contribution < 1.29 is 27.8 Å². The number of esters is 1. The molecule has 6 nitrogen and oxygen atoms in total. The molecular formula is C15H21ClF2N2O4. The minimum absolute atomic E-state index is 0. The van der Waals surface area contributed by atoms with Gasteiger partial charge in [0.25, 0.3) is 11.8 Å². The van der Waals surface area contributed by atoms with Crippen molar-refractivity contribution in [2.75, 3.05) is 33.9 Å². The van der Waals surface area contributed by atoms with Gasteiger partial charge in [-0.05, 0) is 25.2 Å². The Balaban J connectivity index is 0.00000529. The number of amides is 1. The third-order valence-corrected chi connectivity index (χ3v) is 2.95. The summed E-state index contributed by atoms with van der Waals surface area (Å²) in [7, 11) is 2.88. The molecule has 0 aliphatic heterocycles. The molecule has 1 aromatic carbocycles. The molecule has 1 aromatic rings. The first-order valence-corrected chi connectivity index (χ1v) is 6.94. The highest BCUT2D eigenvalue weighted by molar-refractivity contribution is 5.93. The van der Waals surface area contributed by atoms with Crippen molar-refractivity contribution in [2.45, 2.75) is 12.8 Å². The highest BCUT2D eigenvalue weighted by Gasteiger charge is 2.27. The Morgan fingerprint density at radius 1 is 1.25 bits per heavy atom. The number of likely N-dealkylation sites (N-methyl/N-ethyl adjacent to an activating group) is 1. The van der Waals surface area contributed by atoms with Gasteiger partial charge in [0, 0.05) is 25.6 Å². The first-order valence-electron chi connectivity index (χ1n) is 6.94. The number of hydrogen-bond acceptors (Lipinski definition) is 5. The maximum absolute atomic E-state index is 13.4. The third kappa shape index (κ3) is 6.67. The van der Waals surface area contributed by atoms with Crippen molar-refractivity contribution >= 4 is 24.3 Å². The summed E-state index contributed by atoms with van der Waals surface area (Å²) in [5, 5.41) is 5.45. The highest BCUT2D eigenvalue weighted by Crippen LogP contribution is 2.31. The minimum Gasteiger partial charge on any atom is -0.483 e. The Morgan fingerprint density at radius 3 is 2.46 bits per heavy atom. The number of methoxy groups -OCH3 is 1.